The number of aryl methyl sites for hydroxylation is 2. The Morgan fingerprint density at radius 1 is 1.15 bits per heavy atom. The highest BCUT2D eigenvalue weighted by atomic mass is 35.5. The standard InChI is InChI=1S/C17H19ClN4O3S/c1-9-6-7-13(8-14(9)18)21-26(23,24)16-10(2)15(22(5)11(16)3)17-20-19-12(4)25-17/h6-8,21H,1-5H3. The summed E-state index contributed by atoms with van der Waals surface area (Å²) in [5.41, 5.74) is 2.96. The minimum atomic E-state index is -3.83. The summed E-state index contributed by atoms with van der Waals surface area (Å²) in [5.74, 6) is 0.695. The summed E-state index contributed by atoms with van der Waals surface area (Å²) in [7, 11) is -2.06. The summed E-state index contributed by atoms with van der Waals surface area (Å²) in [6.45, 7) is 6.99. The van der Waals surface area contributed by atoms with Gasteiger partial charge in [-0.3, -0.25) is 4.72 Å². The van der Waals surface area contributed by atoms with E-state index >= 15 is 0 Å². The predicted octanol–water partition coefficient (Wildman–Crippen LogP) is 3.76. The lowest BCUT2D eigenvalue weighted by atomic mass is 10.2. The molecule has 138 valence electrons. The van der Waals surface area contributed by atoms with E-state index in [9.17, 15) is 8.42 Å². The van der Waals surface area contributed by atoms with Crippen LogP contribution in [0.1, 0.15) is 22.7 Å². The Balaban J connectivity index is 2.09. The van der Waals surface area contributed by atoms with Gasteiger partial charge in [-0.2, -0.15) is 0 Å². The lowest BCUT2D eigenvalue weighted by Crippen LogP contribution is -2.15. The molecule has 7 nitrogen and oxygen atoms in total. The van der Waals surface area contributed by atoms with Crippen molar-refractivity contribution in [2.24, 2.45) is 7.05 Å². The molecule has 0 aliphatic rings. The topological polar surface area (TPSA) is 90.0 Å². The van der Waals surface area contributed by atoms with Gasteiger partial charge in [0.15, 0.2) is 0 Å². The van der Waals surface area contributed by atoms with E-state index in [-0.39, 0.29) is 10.8 Å². The first kappa shape index (κ1) is 18.5. The molecule has 0 radical (unpaired) electrons. The molecular formula is C17H19ClN4O3S. The second-order valence-electron chi connectivity index (χ2n) is 6.14. The first-order chi connectivity index (χ1) is 12.1. The van der Waals surface area contributed by atoms with E-state index in [2.05, 4.69) is 14.9 Å². The molecule has 9 heteroatoms. The van der Waals surface area contributed by atoms with Crippen LogP contribution in [0.4, 0.5) is 5.69 Å². The maximum Gasteiger partial charge on any atom is 0.264 e. The van der Waals surface area contributed by atoms with Crippen molar-refractivity contribution in [3.05, 3.63) is 45.9 Å². The molecule has 0 amide bonds. The van der Waals surface area contributed by atoms with Crippen molar-refractivity contribution in [2.45, 2.75) is 32.6 Å². The predicted molar refractivity (Wildman–Crippen MR) is 99.9 cm³/mol. The lowest BCUT2D eigenvalue weighted by Gasteiger charge is -2.10. The maximum absolute atomic E-state index is 13.0. The Hall–Kier alpha value is -2.32. The molecule has 0 aliphatic heterocycles. The highest BCUT2D eigenvalue weighted by molar-refractivity contribution is 7.92. The third kappa shape index (κ3) is 3.10. The van der Waals surface area contributed by atoms with Crippen LogP contribution in [0, 0.1) is 27.7 Å². The summed E-state index contributed by atoms with van der Waals surface area (Å²) in [6.07, 6.45) is 0. The summed E-state index contributed by atoms with van der Waals surface area (Å²) >= 11 is 6.10. The molecule has 0 bridgehead atoms. The summed E-state index contributed by atoms with van der Waals surface area (Å²) in [6, 6.07) is 5.02. The molecule has 0 spiro atoms. The largest absolute Gasteiger partial charge is 0.420 e. The number of benzene rings is 1. The number of nitrogens with one attached hydrogen (secondary N) is 1. The molecule has 0 unspecified atom stereocenters. The van der Waals surface area contributed by atoms with Gasteiger partial charge in [-0.15, -0.1) is 10.2 Å². The van der Waals surface area contributed by atoms with Gasteiger partial charge in [0, 0.05) is 30.3 Å². The van der Waals surface area contributed by atoms with Crippen molar-refractivity contribution >= 4 is 27.3 Å². The van der Waals surface area contributed by atoms with E-state index in [0.29, 0.717) is 33.6 Å². The summed E-state index contributed by atoms with van der Waals surface area (Å²) < 4.78 is 35.8. The number of rotatable bonds is 4. The highest BCUT2D eigenvalue weighted by Crippen LogP contribution is 2.33. The second kappa shape index (κ2) is 6.44. The van der Waals surface area contributed by atoms with Crippen molar-refractivity contribution in [1.82, 2.24) is 14.8 Å². The number of halogens is 1. The number of sulfonamides is 1. The quantitative estimate of drug-likeness (QED) is 0.727. The third-order valence-corrected chi connectivity index (χ3v) is 6.34. The van der Waals surface area contributed by atoms with E-state index in [0.717, 1.165) is 5.56 Å². The third-order valence-electron chi connectivity index (χ3n) is 4.28. The van der Waals surface area contributed by atoms with Crippen LogP contribution in [0.5, 0.6) is 0 Å². The minimum absolute atomic E-state index is 0.183. The van der Waals surface area contributed by atoms with Gasteiger partial charge < -0.3 is 8.98 Å². The van der Waals surface area contributed by atoms with E-state index in [1.54, 1.807) is 50.6 Å². The second-order valence-corrected chi connectivity index (χ2v) is 8.17. The van der Waals surface area contributed by atoms with Gasteiger partial charge in [0.1, 0.15) is 10.6 Å². The molecule has 0 saturated carbocycles. The Labute approximate surface area is 157 Å². The molecule has 0 atom stereocenters. The Bertz CT molecular complexity index is 1100. The fourth-order valence-electron chi connectivity index (χ4n) is 2.91. The van der Waals surface area contributed by atoms with Crippen LogP contribution in [-0.4, -0.2) is 23.2 Å². The first-order valence-corrected chi connectivity index (χ1v) is 9.73. The van der Waals surface area contributed by atoms with Gasteiger partial charge in [0.05, 0.1) is 5.69 Å². The van der Waals surface area contributed by atoms with Crippen molar-refractivity contribution < 1.29 is 12.8 Å². The molecule has 26 heavy (non-hydrogen) atoms. The average Bonchev–Trinajstić information content (AvgIpc) is 3.05. The molecule has 2 heterocycles. The molecule has 0 saturated heterocycles. The van der Waals surface area contributed by atoms with Gasteiger partial charge in [0.2, 0.25) is 5.89 Å². The SMILES string of the molecule is Cc1nnc(-c2c(C)c(S(=O)(=O)Nc3ccc(C)c(Cl)c3)c(C)n2C)o1. The summed E-state index contributed by atoms with van der Waals surface area (Å²) in [5, 5.41) is 8.33. The van der Waals surface area contributed by atoms with Gasteiger partial charge in [-0.25, -0.2) is 8.42 Å². The highest BCUT2D eigenvalue weighted by Gasteiger charge is 2.29. The number of hydrogen-bond acceptors (Lipinski definition) is 5. The van der Waals surface area contributed by atoms with Crippen LogP contribution in [0.3, 0.4) is 0 Å². The zero-order valence-electron chi connectivity index (χ0n) is 15.1. The fourth-order valence-corrected chi connectivity index (χ4v) is 4.65. The molecule has 0 aliphatic carbocycles. The van der Waals surface area contributed by atoms with Gasteiger partial charge >= 0.3 is 0 Å². The number of nitrogens with zero attached hydrogens (tertiary/aromatic N) is 3. The molecular weight excluding hydrogens is 376 g/mol. The normalized spacial score (nSPS) is 11.8. The van der Waals surface area contributed by atoms with E-state index < -0.39 is 10.0 Å². The molecule has 2 aromatic heterocycles. The summed E-state index contributed by atoms with van der Waals surface area (Å²) in [4.78, 5) is 0.183. The number of hydrogen-bond donors (Lipinski definition) is 1. The van der Waals surface area contributed by atoms with E-state index in [1.807, 2.05) is 6.92 Å². The van der Waals surface area contributed by atoms with E-state index in [1.165, 1.54) is 0 Å². The minimum Gasteiger partial charge on any atom is -0.420 e. The van der Waals surface area contributed by atoms with Gasteiger partial charge in [0.25, 0.3) is 15.9 Å². The molecule has 3 aromatic rings. The zero-order chi connectivity index (χ0) is 19.2. The van der Waals surface area contributed by atoms with Crippen molar-refractivity contribution in [3.63, 3.8) is 0 Å². The Morgan fingerprint density at radius 2 is 1.85 bits per heavy atom. The van der Waals surface area contributed by atoms with Crippen LogP contribution < -0.4 is 4.72 Å². The van der Waals surface area contributed by atoms with E-state index in [4.69, 9.17) is 16.0 Å². The zero-order valence-corrected chi connectivity index (χ0v) is 16.7. The fraction of sp³-hybridized carbons (Fsp3) is 0.294. The molecule has 0 fully saturated rings. The average molecular weight is 395 g/mol. The molecule has 3 rings (SSSR count). The molecule has 1 N–H and O–H groups in total. The van der Waals surface area contributed by atoms with Gasteiger partial charge in [-0.05, 0) is 38.5 Å². The Kier molecular flexibility index (Phi) is 4.58. The first-order valence-electron chi connectivity index (χ1n) is 7.87. The maximum atomic E-state index is 13.0. The number of anilines is 1. The van der Waals surface area contributed by atoms with Crippen LogP contribution in [0.25, 0.3) is 11.6 Å². The lowest BCUT2D eigenvalue weighted by molar-refractivity contribution is 0.528. The monoisotopic (exact) mass is 394 g/mol. The van der Waals surface area contributed by atoms with Crippen LogP contribution >= 0.6 is 11.6 Å². The number of aromatic nitrogens is 3. The van der Waals surface area contributed by atoms with Crippen LogP contribution in [0.15, 0.2) is 27.5 Å². The van der Waals surface area contributed by atoms with Crippen molar-refractivity contribution in [2.75, 3.05) is 4.72 Å². The Morgan fingerprint density at radius 3 is 2.42 bits per heavy atom. The smallest absolute Gasteiger partial charge is 0.264 e. The van der Waals surface area contributed by atoms with Crippen LogP contribution in [0.2, 0.25) is 5.02 Å². The van der Waals surface area contributed by atoms with Gasteiger partial charge in [-0.1, -0.05) is 17.7 Å². The van der Waals surface area contributed by atoms with Crippen molar-refractivity contribution in [3.8, 4) is 11.6 Å². The van der Waals surface area contributed by atoms with Crippen molar-refractivity contribution in [1.29, 1.82) is 0 Å². The van der Waals surface area contributed by atoms with Crippen LogP contribution in [-0.2, 0) is 17.1 Å². The molecule has 1 aromatic carbocycles.